The second-order valence-electron chi connectivity index (χ2n) is 4.85. The molecule has 0 aliphatic carbocycles. The van der Waals surface area contributed by atoms with Crippen molar-refractivity contribution in [2.45, 2.75) is 6.10 Å². The number of hydrogen-bond donors (Lipinski definition) is 2. The summed E-state index contributed by atoms with van der Waals surface area (Å²) in [5.74, 6) is 0.915. The van der Waals surface area contributed by atoms with Crippen LogP contribution in [0.3, 0.4) is 0 Å². The van der Waals surface area contributed by atoms with E-state index in [9.17, 15) is 5.11 Å². The van der Waals surface area contributed by atoms with Gasteiger partial charge in [-0.2, -0.15) is 0 Å². The van der Waals surface area contributed by atoms with E-state index in [-0.39, 0.29) is 0 Å². The molecule has 0 radical (unpaired) electrons. The van der Waals surface area contributed by atoms with Gasteiger partial charge in [-0.25, -0.2) is 0 Å². The largest absolute Gasteiger partial charge is 0.495 e. The van der Waals surface area contributed by atoms with Crippen molar-refractivity contribution < 1.29 is 9.84 Å². The van der Waals surface area contributed by atoms with Crippen molar-refractivity contribution in [1.29, 1.82) is 0 Å². The summed E-state index contributed by atoms with van der Waals surface area (Å²) in [6, 6.07) is 8.09. The van der Waals surface area contributed by atoms with Crippen molar-refractivity contribution in [2.75, 3.05) is 51.3 Å². The smallest absolute Gasteiger partial charge is 0.142 e. The SMILES string of the molecule is COc1ccccc1N1CCN(C[C@H](O)CN)CC1. The lowest BCUT2D eigenvalue weighted by molar-refractivity contribution is 0.115. The molecule has 1 saturated heterocycles. The Morgan fingerprint density at radius 3 is 2.58 bits per heavy atom. The van der Waals surface area contributed by atoms with Gasteiger partial charge >= 0.3 is 0 Å². The number of benzene rings is 1. The molecule has 0 bridgehead atoms. The molecular formula is C14H23N3O2. The van der Waals surface area contributed by atoms with Gasteiger partial charge in [0.2, 0.25) is 0 Å². The maximum atomic E-state index is 9.58. The zero-order valence-electron chi connectivity index (χ0n) is 11.5. The van der Waals surface area contributed by atoms with Crippen LogP contribution >= 0.6 is 0 Å². The molecule has 0 amide bonds. The number of nitrogens with two attached hydrogens (primary N) is 1. The number of aliphatic hydroxyl groups is 1. The van der Waals surface area contributed by atoms with Gasteiger partial charge in [-0.15, -0.1) is 0 Å². The van der Waals surface area contributed by atoms with E-state index >= 15 is 0 Å². The fourth-order valence-corrected chi connectivity index (χ4v) is 2.43. The van der Waals surface area contributed by atoms with Gasteiger partial charge in [0.05, 0.1) is 18.9 Å². The Kier molecular flexibility index (Phi) is 5.01. The topological polar surface area (TPSA) is 62.0 Å². The average molecular weight is 265 g/mol. The van der Waals surface area contributed by atoms with E-state index in [4.69, 9.17) is 10.5 Å². The first kappa shape index (κ1) is 14.1. The van der Waals surface area contributed by atoms with Crippen LogP contribution in [0.1, 0.15) is 0 Å². The molecule has 1 atom stereocenters. The number of piperazine rings is 1. The van der Waals surface area contributed by atoms with Gasteiger partial charge in [-0.05, 0) is 12.1 Å². The summed E-state index contributed by atoms with van der Waals surface area (Å²) in [5.41, 5.74) is 6.58. The Balaban J connectivity index is 1.92. The summed E-state index contributed by atoms with van der Waals surface area (Å²) >= 11 is 0. The lowest BCUT2D eigenvalue weighted by Crippen LogP contribution is -2.49. The van der Waals surface area contributed by atoms with Gasteiger partial charge in [-0.1, -0.05) is 12.1 Å². The van der Waals surface area contributed by atoms with Crippen molar-refractivity contribution in [1.82, 2.24) is 4.90 Å². The van der Waals surface area contributed by atoms with Gasteiger partial charge in [0.25, 0.3) is 0 Å². The average Bonchev–Trinajstić information content (AvgIpc) is 2.48. The lowest BCUT2D eigenvalue weighted by Gasteiger charge is -2.37. The third-order valence-electron chi connectivity index (χ3n) is 3.54. The summed E-state index contributed by atoms with van der Waals surface area (Å²) in [5, 5.41) is 9.58. The monoisotopic (exact) mass is 265 g/mol. The number of methoxy groups -OCH3 is 1. The normalized spacial score (nSPS) is 18.4. The fraction of sp³-hybridized carbons (Fsp3) is 0.571. The van der Waals surface area contributed by atoms with E-state index in [0.717, 1.165) is 37.6 Å². The van der Waals surface area contributed by atoms with E-state index in [0.29, 0.717) is 13.1 Å². The minimum absolute atomic E-state index is 0.326. The van der Waals surface area contributed by atoms with Gasteiger partial charge in [-0.3, -0.25) is 4.90 Å². The highest BCUT2D eigenvalue weighted by molar-refractivity contribution is 5.58. The molecule has 1 aliphatic rings. The third kappa shape index (κ3) is 3.59. The minimum Gasteiger partial charge on any atom is -0.495 e. The van der Waals surface area contributed by atoms with Crippen LogP contribution in [0.15, 0.2) is 24.3 Å². The number of hydrogen-bond acceptors (Lipinski definition) is 5. The first-order valence-corrected chi connectivity index (χ1v) is 6.73. The maximum absolute atomic E-state index is 9.58. The first-order chi connectivity index (χ1) is 9.24. The van der Waals surface area contributed by atoms with E-state index in [1.807, 2.05) is 18.2 Å². The lowest BCUT2D eigenvalue weighted by atomic mass is 10.2. The molecule has 0 spiro atoms. The molecule has 5 nitrogen and oxygen atoms in total. The summed E-state index contributed by atoms with van der Waals surface area (Å²) < 4.78 is 5.40. The van der Waals surface area contributed by atoms with Crippen LogP contribution < -0.4 is 15.4 Å². The Morgan fingerprint density at radius 1 is 1.26 bits per heavy atom. The molecule has 106 valence electrons. The summed E-state index contributed by atoms with van der Waals surface area (Å²) in [6.07, 6.45) is -0.419. The molecule has 19 heavy (non-hydrogen) atoms. The summed E-state index contributed by atoms with van der Waals surface area (Å²) in [4.78, 5) is 4.58. The predicted octanol–water partition coefficient (Wildman–Crippen LogP) is 0.137. The number of aliphatic hydroxyl groups excluding tert-OH is 1. The molecule has 0 aromatic heterocycles. The second-order valence-corrected chi connectivity index (χ2v) is 4.85. The summed E-state index contributed by atoms with van der Waals surface area (Å²) in [6.45, 7) is 4.75. The van der Waals surface area contributed by atoms with Crippen LogP contribution in [-0.4, -0.2) is 62.5 Å². The standard InChI is InChI=1S/C14H23N3O2/c1-19-14-5-3-2-4-13(14)17-8-6-16(7-9-17)11-12(18)10-15/h2-5,12,18H,6-11,15H2,1H3/t12-/m1/s1. The summed E-state index contributed by atoms with van der Waals surface area (Å²) in [7, 11) is 1.70. The fourth-order valence-electron chi connectivity index (χ4n) is 2.43. The van der Waals surface area contributed by atoms with Crippen molar-refractivity contribution >= 4 is 5.69 Å². The van der Waals surface area contributed by atoms with E-state index in [1.54, 1.807) is 7.11 Å². The minimum atomic E-state index is -0.419. The van der Waals surface area contributed by atoms with Gasteiger partial charge in [0.15, 0.2) is 0 Å². The van der Waals surface area contributed by atoms with Gasteiger partial charge in [0.1, 0.15) is 5.75 Å². The van der Waals surface area contributed by atoms with Crippen LogP contribution in [0, 0.1) is 0 Å². The van der Waals surface area contributed by atoms with Gasteiger partial charge < -0.3 is 20.5 Å². The van der Waals surface area contributed by atoms with Crippen LogP contribution in [0.5, 0.6) is 5.75 Å². The van der Waals surface area contributed by atoms with E-state index in [1.165, 1.54) is 0 Å². The Morgan fingerprint density at radius 2 is 1.95 bits per heavy atom. The number of β-amino-alcohol motifs (C(OH)–C–C–N with tert-alkyl or cyclic N) is 1. The number of anilines is 1. The van der Waals surface area contributed by atoms with Crippen molar-refractivity contribution in [3.8, 4) is 5.75 Å². The number of nitrogens with zero attached hydrogens (tertiary/aromatic N) is 2. The highest BCUT2D eigenvalue weighted by Crippen LogP contribution is 2.28. The van der Waals surface area contributed by atoms with Crippen molar-refractivity contribution in [2.24, 2.45) is 5.73 Å². The number of ether oxygens (including phenoxy) is 1. The molecule has 3 N–H and O–H groups in total. The van der Waals surface area contributed by atoms with Crippen LogP contribution in [0.4, 0.5) is 5.69 Å². The van der Waals surface area contributed by atoms with Crippen LogP contribution in [0.2, 0.25) is 0 Å². The Hall–Kier alpha value is -1.30. The first-order valence-electron chi connectivity index (χ1n) is 6.73. The molecule has 1 aromatic rings. The molecular weight excluding hydrogens is 242 g/mol. The highest BCUT2D eigenvalue weighted by Gasteiger charge is 2.20. The Labute approximate surface area is 114 Å². The molecule has 1 fully saturated rings. The van der Waals surface area contributed by atoms with Crippen LogP contribution in [-0.2, 0) is 0 Å². The highest BCUT2D eigenvalue weighted by atomic mass is 16.5. The van der Waals surface area contributed by atoms with Gasteiger partial charge in [0, 0.05) is 39.3 Å². The molecule has 1 aromatic carbocycles. The predicted molar refractivity (Wildman–Crippen MR) is 76.7 cm³/mol. The molecule has 2 rings (SSSR count). The van der Waals surface area contributed by atoms with Crippen molar-refractivity contribution in [3.63, 3.8) is 0 Å². The zero-order chi connectivity index (χ0) is 13.7. The van der Waals surface area contributed by atoms with Crippen LogP contribution in [0.25, 0.3) is 0 Å². The molecule has 1 aliphatic heterocycles. The zero-order valence-corrected chi connectivity index (χ0v) is 11.5. The number of rotatable bonds is 5. The van der Waals surface area contributed by atoms with E-state index < -0.39 is 6.10 Å². The number of para-hydroxylation sites is 2. The second kappa shape index (κ2) is 6.75. The third-order valence-corrected chi connectivity index (χ3v) is 3.54. The Bertz CT molecular complexity index is 392. The molecule has 0 unspecified atom stereocenters. The molecule has 1 heterocycles. The quantitative estimate of drug-likeness (QED) is 0.793. The van der Waals surface area contributed by atoms with E-state index in [2.05, 4.69) is 15.9 Å². The maximum Gasteiger partial charge on any atom is 0.142 e. The molecule has 5 heteroatoms. The molecule has 0 saturated carbocycles. The van der Waals surface area contributed by atoms with Crippen molar-refractivity contribution in [3.05, 3.63) is 24.3 Å².